The van der Waals surface area contributed by atoms with Crippen LogP contribution >= 0.6 is 0 Å². The number of aromatic carboxylic acids is 1. The molecule has 2 aromatic rings. The average molecular weight is 287 g/mol. The summed E-state index contributed by atoms with van der Waals surface area (Å²) in [5, 5.41) is 11.4. The number of Topliss-reactive ketones (excluding diaryl/α,β-unsaturated/α-hetero) is 1. The molecule has 0 aliphatic heterocycles. The molecule has 7 heteroatoms. The smallest absolute Gasteiger partial charge is 0.337 e. The second-order valence-corrected chi connectivity index (χ2v) is 4.50. The number of carbonyl (C=O) groups is 3. The standard InChI is InChI=1S/C14H13N3O4/c1-8(18)10-4-12(17(2)7-10)13(19)16-11-3-9(14(20)21)5-15-6-11/h3-7H,1-2H3,(H,16,19)(H,20,21). The number of aromatic nitrogens is 2. The number of hydrogen-bond donors (Lipinski definition) is 2. The molecule has 0 fully saturated rings. The van der Waals surface area contributed by atoms with Crippen molar-refractivity contribution in [1.29, 1.82) is 0 Å². The lowest BCUT2D eigenvalue weighted by Gasteiger charge is -2.06. The van der Waals surface area contributed by atoms with E-state index in [1.807, 2.05) is 0 Å². The summed E-state index contributed by atoms with van der Waals surface area (Å²) in [7, 11) is 1.65. The minimum atomic E-state index is -1.13. The maximum Gasteiger partial charge on any atom is 0.337 e. The van der Waals surface area contributed by atoms with Gasteiger partial charge in [0.1, 0.15) is 5.69 Å². The highest BCUT2D eigenvalue weighted by molar-refractivity contribution is 6.05. The Kier molecular flexibility index (Phi) is 3.84. The van der Waals surface area contributed by atoms with Gasteiger partial charge in [0.25, 0.3) is 5.91 Å². The Labute approximate surface area is 120 Å². The highest BCUT2D eigenvalue weighted by Gasteiger charge is 2.14. The van der Waals surface area contributed by atoms with Crippen LogP contribution in [-0.2, 0) is 7.05 Å². The van der Waals surface area contributed by atoms with Gasteiger partial charge in [0.05, 0.1) is 17.4 Å². The zero-order valence-electron chi connectivity index (χ0n) is 11.5. The summed E-state index contributed by atoms with van der Waals surface area (Å²) in [5.74, 6) is -1.72. The average Bonchev–Trinajstić information content (AvgIpc) is 2.81. The molecule has 21 heavy (non-hydrogen) atoms. The molecule has 2 heterocycles. The van der Waals surface area contributed by atoms with Gasteiger partial charge in [0.2, 0.25) is 0 Å². The first kappa shape index (κ1) is 14.4. The summed E-state index contributed by atoms with van der Waals surface area (Å²) in [6.07, 6.45) is 4.09. The Morgan fingerprint density at radius 3 is 2.48 bits per heavy atom. The van der Waals surface area contributed by atoms with E-state index in [1.54, 1.807) is 13.2 Å². The van der Waals surface area contributed by atoms with Crippen LogP contribution in [0.2, 0.25) is 0 Å². The first-order valence-electron chi connectivity index (χ1n) is 6.05. The molecule has 0 saturated carbocycles. The number of ketones is 1. The molecule has 0 saturated heterocycles. The van der Waals surface area contributed by atoms with E-state index in [1.165, 1.54) is 36.0 Å². The fraction of sp³-hybridized carbons (Fsp3) is 0.143. The van der Waals surface area contributed by atoms with E-state index in [0.717, 1.165) is 0 Å². The van der Waals surface area contributed by atoms with Crippen LogP contribution in [0.15, 0.2) is 30.7 Å². The number of pyridine rings is 1. The zero-order valence-corrected chi connectivity index (χ0v) is 11.5. The molecule has 7 nitrogen and oxygen atoms in total. The number of aryl methyl sites for hydroxylation is 1. The van der Waals surface area contributed by atoms with Gasteiger partial charge in [0, 0.05) is 25.0 Å². The van der Waals surface area contributed by atoms with E-state index in [2.05, 4.69) is 10.3 Å². The number of hydrogen-bond acceptors (Lipinski definition) is 4. The molecular formula is C14H13N3O4. The van der Waals surface area contributed by atoms with E-state index in [-0.39, 0.29) is 17.0 Å². The van der Waals surface area contributed by atoms with Crippen molar-refractivity contribution in [2.24, 2.45) is 7.05 Å². The Morgan fingerprint density at radius 2 is 1.90 bits per heavy atom. The molecule has 0 spiro atoms. The lowest BCUT2D eigenvalue weighted by atomic mass is 10.2. The number of rotatable bonds is 4. The van der Waals surface area contributed by atoms with Crippen LogP contribution in [-0.4, -0.2) is 32.3 Å². The van der Waals surface area contributed by atoms with Crippen molar-refractivity contribution in [3.05, 3.63) is 47.5 Å². The number of carbonyl (C=O) groups excluding carboxylic acids is 2. The highest BCUT2D eigenvalue weighted by Crippen LogP contribution is 2.13. The summed E-state index contributed by atoms with van der Waals surface area (Å²) in [6.45, 7) is 1.41. The molecule has 2 rings (SSSR count). The van der Waals surface area contributed by atoms with Crippen molar-refractivity contribution in [2.75, 3.05) is 5.32 Å². The predicted octanol–water partition coefficient (Wildman–Crippen LogP) is 1.57. The Balaban J connectivity index is 2.24. The van der Waals surface area contributed by atoms with Gasteiger partial charge in [-0.25, -0.2) is 4.79 Å². The van der Waals surface area contributed by atoms with Gasteiger partial charge in [-0.05, 0) is 19.1 Å². The predicted molar refractivity (Wildman–Crippen MR) is 74.6 cm³/mol. The third-order valence-corrected chi connectivity index (χ3v) is 2.89. The first-order chi connectivity index (χ1) is 9.88. The number of anilines is 1. The molecule has 0 atom stereocenters. The van der Waals surface area contributed by atoms with Gasteiger partial charge in [-0.1, -0.05) is 0 Å². The summed E-state index contributed by atoms with van der Waals surface area (Å²) < 4.78 is 1.53. The number of nitrogens with zero attached hydrogens (tertiary/aromatic N) is 2. The highest BCUT2D eigenvalue weighted by atomic mass is 16.4. The van der Waals surface area contributed by atoms with E-state index in [0.29, 0.717) is 11.3 Å². The number of amides is 1. The van der Waals surface area contributed by atoms with E-state index in [4.69, 9.17) is 5.11 Å². The van der Waals surface area contributed by atoms with Crippen molar-refractivity contribution in [2.45, 2.75) is 6.92 Å². The van der Waals surface area contributed by atoms with E-state index in [9.17, 15) is 14.4 Å². The molecule has 0 aromatic carbocycles. The maximum absolute atomic E-state index is 12.1. The van der Waals surface area contributed by atoms with Crippen molar-refractivity contribution < 1.29 is 19.5 Å². The van der Waals surface area contributed by atoms with Crippen LogP contribution in [0.4, 0.5) is 5.69 Å². The molecule has 0 aliphatic rings. The van der Waals surface area contributed by atoms with Crippen LogP contribution in [0.25, 0.3) is 0 Å². The summed E-state index contributed by atoms with van der Waals surface area (Å²) in [5.41, 5.74) is 0.968. The molecule has 0 aliphatic carbocycles. The molecule has 2 N–H and O–H groups in total. The van der Waals surface area contributed by atoms with Crippen molar-refractivity contribution in [3.8, 4) is 0 Å². The molecule has 1 amide bonds. The minimum Gasteiger partial charge on any atom is -0.478 e. The molecule has 0 unspecified atom stereocenters. The van der Waals surface area contributed by atoms with Crippen molar-refractivity contribution in [3.63, 3.8) is 0 Å². The van der Waals surface area contributed by atoms with Gasteiger partial charge < -0.3 is 15.0 Å². The van der Waals surface area contributed by atoms with Crippen molar-refractivity contribution >= 4 is 23.3 Å². The van der Waals surface area contributed by atoms with Crippen LogP contribution in [0, 0.1) is 0 Å². The quantitative estimate of drug-likeness (QED) is 0.831. The second kappa shape index (κ2) is 5.58. The largest absolute Gasteiger partial charge is 0.478 e. The number of carboxylic acid groups (broad SMARTS) is 1. The second-order valence-electron chi connectivity index (χ2n) is 4.50. The third kappa shape index (κ3) is 3.14. The summed E-state index contributed by atoms with van der Waals surface area (Å²) in [6, 6.07) is 2.79. The Bertz CT molecular complexity index is 734. The third-order valence-electron chi connectivity index (χ3n) is 2.89. The van der Waals surface area contributed by atoms with Gasteiger partial charge in [0.15, 0.2) is 5.78 Å². The summed E-state index contributed by atoms with van der Waals surface area (Å²) >= 11 is 0. The van der Waals surface area contributed by atoms with Gasteiger partial charge in [-0.15, -0.1) is 0 Å². The lowest BCUT2D eigenvalue weighted by Crippen LogP contribution is -2.15. The summed E-state index contributed by atoms with van der Waals surface area (Å²) in [4.78, 5) is 38.0. The Hall–Kier alpha value is -2.96. The minimum absolute atomic E-state index is 0.0240. The van der Waals surface area contributed by atoms with Crippen LogP contribution in [0.3, 0.4) is 0 Å². The molecule has 0 bridgehead atoms. The van der Waals surface area contributed by atoms with Gasteiger partial charge in [-0.2, -0.15) is 0 Å². The molecular weight excluding hydrogens is 274 g/mol. The molecule has 0 radical (unpaired) electrons. The normalized spacial score (nSPS) is 10.2. The van der Waals surface area contributed by atoms with Crippen LogP contribution in [0.1, 0.15) is 38.1 Å². The SMILES string of the molecule is CC(=O)c1cc(C(=O)Nc2cncc(C(=O)O)c2)n(C)c1. The monoisotopic (exact) mass is 287 g/mol. The number of nitrogens with one attached hydrogen (secondary N) is 1. The first-order valence-corrected chi connectivity index (χ1v) is 6.05. The topological polar surface area (TPSA) is 101 Å². The van der Waals surface area contributed by atoms with Crippen molar-refractivity contribution in [1.82, 2.24) is 9.55 Å². The fourth-order valence-corrected chi connectivity index (χ4v) is 1.80. The zero-order chi connectivity index (χ0) is 15.6. The molecule has 108 valence electrons. The van der Waals surface area contributed by atoms with Gasteiger partial charge >= 0.3 is 5.97 Å². The fourth-order valence-electron chi connectivity index (χ4n) is 1.80. The number of carboxylic acids is 1. The van der Waals surface area contributed by atoms with E-state index >= 15 is 0 Å². The maximum atomic E-state index is 12.1. The van der Waals surface area contributed by atoms with Crippen LogP contribution in [0.5, 0.6) is 0 Å². The molecule has 2 aromatic heterocycles. The van der Waals surface area contributed by atoms with Crippen LogP contribution < -0.4 is 5.32 Å². The van der Waals surface area contributed by atoms with Gasteiger partial charge in [-0.3, -0.25) is 14.6 Å². The van der Waals surface area contributed by atoms with E-state index < -0.39 is 11.9 Å². The Morgan fingerprint density at radius 1 is 1.19 bits per heavy atom. The lowest BCUT2D eigenvalue weighted by molar-refractivity contribution is 0.0696.